The van der Waals surface area contributed by atoms with Gasteiger partial charge in [-0.25, -0.2) is 4.39 Å². The number of hydrogen-bond donors (Lipinski definition) is 1. The normalized spacial score (nSPS) is 30.8. The van der Waals surface area contributed by atoms with Gasteiger partial charge < -0.3 is 5.73 Å². The van der Waals surface area contributed by atoms with Crippen LogP contribution in [0, 0.1) is 11.7 Å². The Morgan fingerprint density at radius 3 is 2.80 bits per heavy atom. The van der Waals surface area contributed by atoms with Gasteiger partial charge in [-0.05, 0) is 37.3 Å². The fraction of sp³-hybridized carbons (Fsp3) is 0.500. The summed E-state index contributed by atoms with van der Waals surface area (Å²) in [6, 6.07) is 4.77. The van der Waals surface area contributed by atoms with Gasteiger partial charge in [-0.3, -0.25) is 0 Å². The third kappa shape index (κ3) is 2.01. The average Bonchev–Trinajstić information content (AvgIpc) is 2.46. The van der Waals surface area contributed by atoms with E-state index in [4.69, 9.17) is 17.3 Å². The van der Waals surface area contributed by atoms with Gasteiger partial charge in [0.2, 0.25) is 0 Å². The SMILES string of the molecule is CC1CCC(N)(c2ccc(Cl)cc2F)C1. The summed E-state index contributed by atoms with van der Waals surface area (Å²) in [4.78, 5) is 0. The van der Waals surface area contributed by atoms with Crippen LogP contribution in [0.25, 0.3) is 0 Å². The summed E-state index contributed by atoms with van der Waals surface area (Å²) < 4.78 is 13.7. The molecule has 1 aromatic rings. The molecule has 0 radical (unpaired) electrons. The first kappa shape index (κ1) is 10.9. The van der Waals surface area contributed by atoms with Crippen LogP contribution in [0.5, 0.6) is 0 Å². The fourth-order valence-corrected chi connectivity index (χ4v) is 2.63. The minimum Gasteiger partial charge on any atom is -0.321 e. The Labute approximate surface area is 94.4 Å². The van der Waals surface area contributed by atoms with Crippen molar-refractivity contribution in [3.63, 3.8) is 0 Å². The zero-order valence-corrected chi connectivity index (χ0v) is 9.52. The van der Waals surface area contributed by atoms with Crippen LogP contribution < -0.4 is 5.73 Å². The van der Waals surface area contributed by atoms with E-state index in [1.807, 2.05) is 0 Å². The molecule has 0 spiro atoms. The predicted molar refractivity (Wildman–Crippen MR) is 60.3 cm³/mol. The van der Waals surface area contributed by atoms with Gasteiger partial charge in [0, 0.05) is 16.1 Å². The third-order valence-electron chi connectivity index (χ3n) is 3.26. The Morgan fingerprint density at radius 2 is 2.27 bits per heavy atom. The lowest BCUT2D eigenvalue weighted by atomic mass is 9.88. The minimum absolute atomic E-state index is 0.279. The molecule has 0 aliphatic heterocycles. The Kier molecular flexibility index (Phi) is 2.73. The molecule has 0 aromatic heterocycles. The van der Waals surface area contributed by atoms with Gasteiger partial charge in [-0.1, -0.05) is 24.6 Å². The van der Waals surface area contributed by atoms with Crippen molar-refractivity contribution >= 4 is 11.6 Å². The average molecular weight is 228 g/mol. The Morgan fingerprint density at radius 1 is 1.53 bits per heavy atom. The zero-order valence-electron chi connectivity index (χ0n) is 8.76. The van der Waals surface area contributed by atoms with E-state index in [2.05, 4.69) is 6.92 Å². The monoisotopic (exact) mass is 227 g/mol. The van der Waals surface area contributed by atoms with E-state index < -0.39 is 5.54 Å². The lowest BCUT2D eigenvalue weighted by Crippen LogP contribution is -2.34. The predicted octanol–water partition coefficient (Wildman–Crippen LogP) is 3.45. The maximum Gasteiger partial charge on any atom is 0.129 e. The van der Waals surface area contributed by atoms with Gasteiger partial charge in [0.25, 0.3) is 0 Å². The van der Waals surface area contributed by atoms with Crippen molar-refractivity contribution < 1.29 is 4.39 Å². The van der Waals surface area contributed by atoms with Crippen molar-refractivity contribution in [1.82, 2.24) is 0 Å². The van der Waals surface area contributed by atoms with Crippen molar-refractivity contribution in [2.45, 2.75) is 31.7 Å². The third-order valence-corrected chi connectivity index (χ3v) is 3.50. The molecular weight excluding hydrogens is 213 g/mol. The van der Waals surface area contributed by atoms with Crippen LogP contribution >= 0.6 is 11.6 Å². The highest BCUT2D eigenvalue weighted by Gasteiger charge is 2.36. The topological polar surface area (TPSA) is 26.0 Å². The van der Waals surface area contributed by atoms with Gasteiger partial charge in [-0.2, -0.15) is 0 Å². The maximum atomic E-state index is 13.7. The van der Waals surface area contributed by atoms with Crippen molar-refractivity contribution in [3.05, 3.63) is 34.6 Å². The largest absolute Gasteiger partial charge is 0.321 e. The Hall–Kier alpha value is -0.600. The Balaban J connectivity index is 2.37. The molecule has 1 saturated carbocycles. The number of halogens is 2. The highest BCUT2D eigenvalue weighted by atomic mass is 35.5. The molecule has 2 atom stereocenters. The fourth-order valence-electron chi connectivity index (χ4n) is 2.47. The van der Waals surface area contributed by atoms with Gasteiger partial charge >= 0.3 is 0 Å². The highest BCUT2D eigenvalue weighted by Crippen LogP contribution is 2.41. The van der Waals surface area contributed by atoms with Crippen molar-refractivity contribution in [3.8, 4) is 0 Å². The summed E-state index contributed by atoms with van der Waals surface area (Å²) in [6.45, 7) is 2.16. The van der Waals surface area contributed by atoms with Crippen LogP contribution in [0.2, 0.25) is 5.02 Å². The summed E-state index contributed by atoms with van der Waals surface area (Å²) in [5.41, 5.74) is 6.35. The summed E-state index contributed by atoms with van der Waals surface area (Å²) in [5, 5.41) is 0.422. The lowest BCUT2D eigenvalue weighted by Gasteiger charge is -2.25. The molecule has 0 heterocycles. The van der Waals surface area contributed by atoms with Gasteiger partial charge in [0.05, 0.1) is 0 Å². The molecule has 0 saturated heterocycles. The van der Waals surface area contributed by atoms with Crippen LogP contribution in [0.3, 0.4) is 0 Å². The number of hydrogen-bond acceptors (Lipinski definition) is 1. The van der Waals surface area contributed by atoms with E-state index in [0.29, 0.717) is 16.5 Å². The second-order valence-electron chi connectivity index (χ2n) is 4.63. The van der Waals surface area contributed by atoms with E-state index in [-0.39, 0.29) is 5.82 Å². The van der Waals surface area contributed by atoms with Gasteiger partial charge in [0.15, 0.2) is 0 Å². The van der Waals surface area contributed by atoms with Crippen molar-refractivity contribution in [1.29, 1.82) is 0 Å². The molecule has 0 bridgehead atoms. The summed E-state index contributed by atoms with van der Waals surface area (Å²) in [6.07, 6.45) is 2.77. The molecule has 3 heteroatoms. The first-order chi connectivity index (χ1) is 7.01. The van der Waals surface area contributed by atoms with Crippen LogP contribution in [0.4, 0.5) is 4.39 Å². The molecule has 1 aliphatic rings. The van der Waals surface area contributed by atoms with Crippen LogP contribution in [-0.4, -0.2) is 0 Å². The molecule has 2 unspecified atom stereocenters. The van der Waals surface area contributed by atoms with E-state index >= 15 is 0 Å². The molecular formula is C12H15ClFN. The number of nitrogens with two attached hydrogens (primary N) is 1. The molecule has 1 aromatic carbocycles. The minimum atomic E-state index is -0.492. The second-order valence-corrected chi connectivity index (χ2v) is 5.06. The summed E-state index contributed by atoms with van der Waals surface area (Å²) in [5.74, 6) is 0.296. The first-order valence-electron chi connectivity index (χ1n) is 5.26. The highest BCUT2D eigenvalue weighted by molar-refractivity contribution is 6.30. The van der Waals surface area contributed by atoms with Crippen LogP contribution in [-0.2, 0) is 5.54 Å². The molecule has 1 nitrogen and oxygen atoms in total. The Bertz CT molecular complexity index is 380. The van der Waals surface area contributed by atoms with Crippen LogP contribution in [0.15, 0.2) is 18.2 Å². The summed E-state index contributed by atoms with van der Waals surface area (Å²) in [7, 11) is 0. The van der Waals surface area contributed by atoms with E-state index in [1.54, 1.807) is 12.1 Å². The van der Waals surface area contributed by atoms with E-state index in [0.717, 1.165) is 19.3 Å². The molecule has 82 valence electrons. The van der Waals surface area contributed by atoms with Gasteiger partial charge in [0.1, 0.15) is 5.82 Å². The molecule has 2 rings (SSSR count). The molecule has 0 amide bonds. The standard InChI is InChI=1S/C12H15ClFN/c1-8-4-5-12(15,7-8)10-3-2-9(13)6-11(10)14/h2-3,6,8H,4-5,7,15H2,1H3. The molecule has 1 fully saturated rings. The second kappa shape index (κ2) is 3.76. The molecule has 2 N–H and O–H groups in total. The lowest BCUT2D eigenvalue weighted by molar-refractivity contribution is 0.417. The van der Waals surface area contributed by atoms with Crippen LogP contribution in [0.1, 0.15) is 31.7 Å². The smallest absolute Gasteiger partial charge is 0.129 e. The zero-order chi connectivity index (χ0) is 11.1. The number of rotatable bonds is 1. The van der Waals surface area contributed by atoms with Gasteiger partial charge in [-0.15, -0.1) is 0 Å². The van der Waals surface area contributed by atoms with E-state index in [9.17, 15) is 4.39 Å². The van der Waals surface area contributed by atoms with Crippen molar-refractivity contribution in [2.24, 2.45) is 11.7 Å². The number of benzene rings is 1. The molecule has 1 aliphatic carbocycles. The van der Waals surface area contributed by atoms with Crippen molar-refractivity contribution in [2.75, 3.05) is 0 Å². The maximum absolute atomic E-state index is 13.7. The first-order valence-corrected chi connectivity index (χ1v) is 5.63. The summed E-state index contributed by atoms with van der Waals surface area (Å²) >= 11 is 5.72. The quantitative estimate of drug-likeness (QED) is 0.782. The van der Waals surface area contributed by atoms with E-state index in [1.165, 1.54) is 6.07 Å². The molecule has 15 heavy (non-hydrogen) atoms.